The van der Waals surface area contributed by atoms with Gasteiger partial charge in [0.25, 0.3) is 5.91 Å². The molecule has 1 aliphatic rings. The Hall–Kier alpha value is -3.74. The van der Waals surface area contributed by atoms with Crippen molar-refractivity contribution < 1.29 is 23.1 Å². The number of nitrogens with zero attached hydrogens (tertiary/aromatic N) is 2. The summed E-state index contributed by atoms with van der Waals surface area (Å²) >= 11 is 0. The van der Waals surface area contributed by atoms with Crippen LogP contribution in [0.3, 0.4) is 0 Å². The van der Waals surface area contributed by atoms with Gasteiger partial charge in [-0.25, -0.2) is 8.78 Å². The maximum absolute atomic E-state index is 13.7. The number of hydrogen-bond acceptors (Lipinski definition) is 4. The van der Waals surface area contributed by atoms with E-state index in [1.165, 1.54) is 30.3 Å². The molecule has 0 fully saturated rings. The lowest BCUT2D eigenvalue weighted by molar-refractivity contribution is 0.0405. The molecule has 1 heterocycles. The summed E-state index contributed by atoms with van der Waals surface area (Å²) in [5.74, 6) is -0.481. The molecule has 0 saturated carbocycles. The number of methoxy groups -OCH3 is 1. The maximum atomic E-state index is 13.7. The van der Waals surface area contributed by atoms with Crippen LogP contribution in [-0.2, 0) is 11.4 Å². The Kier molecular flexibility index (Phi) is 6.44. The Bertz CT molecular complexity index is 1150. The molecule has 3 aromatic carbocycles. The quantitative estimate of drug-likeness (QED) is 0.534. The number of benzene rings is 3. The number of halogens is 2. The van der Waals surface area contributed by atoms with Crippen LogP contribution in [0.15, 0.2) is 78.0 Å². The van der Waals surface area contributed by atoms with Crippen LogP contribution in [0.4, 0.5) is 8.78 Å². The highest BCUT2D eigenvalue weighted by atomic mass is 19.1. The molecule has 0 aromatic heterocycles. The molecule has 0 spiro atoms. The van der Waals surface area contributed by atoms with Crippen molar-refractivity contribution in [3.8, 4) is 5.75 Å². The summed E-state index contributed by atoms with van der Waals surface area (Å²) in [7, 11) is 1.58. The Morgan fingerprint density at radius 3 is 2.56 bits per heavy atom. The van der Waals surface area contributed by atoms with E-state index in [0.29, 0.717) is 23.4 Å². The van der Waals surface area contributed by atoms with Gasteiger partial charge in [-0.15, -0.1) is 0 Å². The average Bonchev–Trinajstić information content (AvgIpc) is 3.27. The minimum atomic E-state index is -0.481. The number of hydrogen-bond donors (Lipinski definition) is 0. The number of carbonyl (C=O) groups excluding carboxylic acids is 1. The van der Waals surface area contributed by atoms with Gasteiger partial charge in [0.15, 0.2) is 6.10 Å². The molecule has 1 atom stereocenters. The van der Waals surface area contributed by atoms with Gasteiger partial charge in [0.1, 0.15) is 17.4 Å². The molecule has 5 nitrogen and oxygen atoms in total. The first-order valence-corrected chi connectivity index (χ1v) is 10.2. The number of amides is 1. The SMILES string of the molecule is COc1cccc(CN(CC2CC(c3cccc(F)c3)=NO2)C(=O)c2cccc(F)c2)c1. The Balaban J connectivity index is 1.53. The summed E-state index contributed by atoms with van der Waals surface area (Å²) in [6, 6.07) is 19.1. The average molecular weight is 436 g/mol. The van der Waals surface area contributed by atoms with Gasteiger partial charge in [-0.1, -0.05) is 35.5 Å². The van der Waals surface area contributed by atoms with Gasteiger partial charge in [0.2, 0.25) is 0 Å². The van der Waals surface area contributed by atoms with Crippen LogP contribution >= 0.6 is 0 Å². The molecule has 0 N–H and O–H groups in total. The first-order chi connectivity index (χ1) is 15.5. The largest absolute Gasteiger partial charge is 0.497 e. The maximum Gasteiger partial charge on any atom is 0.254 e. The summed E-state index contributed by atoms with van der Waals surface area (Å²) in [6.07, 6.45) is 0.0190. The van der Waals surface area contributed by atoms with Crippen LogP contribution in [0.25, 0.3) is 0 Å². The van der Waals surface area contributed by atoms with E-state index in [1.807, 2.05) is 24.3 Å². The molecule has 1 unspecified atom stereocenters. The zero-order valence-corrected chi connectivity index (χ0v) is 17.5. The van der Waals surface area contributed by atoms with E-state index in [9.17, 15) is 13.6 Å². The number of oxime groups is 1. The van der Waals surface area contributed by atoms with Crippen LogP contribution in [0.5, 0.6) is 5.75 Å². The molecule has 164 valence electrons. The van der Waals surface area contributed by atoms with Gasteiger partial charge < -0.3 is 14.5 Å². The Labute approximate surface area is 184 Å². The smallest absolute Gasteiger partial charge is 0.254 e. The monoisotopic (exact) mass is 436 g/mol. The summed E-state index contributed by atoms with van der Waals surface area (Å²) in [4.78, 5) is 20.4. The minimum absolute atomic E-state index is 0.231. The van der Waals surface area contributed by atoms with Crippen molar-refractivity contribution in [2.75, 3.05) is 13.7 Å². The van der Waals surface area contributed by atoms with Gasteiger partial charge in [-0.05, 0) is 48.0 Å². The summed E-state index contributed by atoms with van der Waals surface area (Å²) in [6.45, 7) is 0.510. The van der Waals surface area contributed by atoms with Crippen molar-refractivity contribution in [1.82, 2.24) is 4.90 Å². The minimum Gasteiger partial charge on any atom is -0.497 e. The third kappa shape index (κ3) is 5.11. The highest BCUT2D eigenvalue weighted by Gasteiger charge is 2.28. The number of carbonyl (C=O) groups is 1. The highest BCUT2D eigenvalue weighted by Crippen LogP contribution is 2.22. The predicted molar refractivity (Wildman–Crippen MR) is 117 cm³/mol. The zero-order chi connectivity index (χ0) is 22.5. The Morgan fingerprint density at radius 2 is 1.81 bits per heavy atom. The second-order valence-corrected chi connectivity index (χ2v) is 7.53. The normalized spacial score (nSPS) is 15.1. The molecule has 1 amide bonds. The third-order valence-corrected chi connectivity index (χ3v) is 5.18. The lowest BCUT2D eigenvalue weighted by Crippen LogP contribution is -2.37. The molecule has 0 aliphatic carbocycles. The van der Waals surface area contributed by atoms with Gasteiger partial charge >= 0.3 is 0 Å². The molecule has 7 heteroatoms. The van der Waals surface area contributed by atoms with Crippen LogP contribution in [0.1, 0.15) is 27.9 Å². The van der Waals surface area contributed by atoms with Gasteiger partial charge in [-0.3, -0.25) is 4.79 Å². The molecule has 0 radical (unpaired) electrons. The zero-order valence-electron chi connectivity index (χ0n) is 17.5. The highest BCUT2D eigenvalue weighted by molar-refractivity contribution is 6.01. The van der Waals surface area contributed by atoms with Crippen molar-refractivity contribution in [3.05, 3.63) is 101 Å². The lowest BCUT2D eigenvalue weighted by atomic mass is 10.0. The van der Waals surface area contributed by atoms with Gasteiger partial charge in [-0.2, -0.15) is 0 Å². The van der Waals surface area contributed by atoms with E-state index < -0.39 is 11.9 Å². The van der Waals surface area contributed by atoms with E-state index >= 15 is 0 Å². The topological polar surface area (TPSA) is 51.1 Å². The van der Waals surface area contributed by atoms with Crippen LogP contribution in [0, 0.1) is 11.6 Å². The summed E-state index contributed by atoms with van der Waals surface area (Å²) in [5, 5.41) is 4.09. The fraction of sp³-hybridized carbons (Fsp3) is 0.200. The first-order valence-electron chi connectivity index (χ1n) is 10.2. The van der Waals surface area contributed by atoms with E-state index in [1.54, 1.807) is 30.2 Å². The third-order valence-electron chi connectivity index (χ3n) is 5.18. The van der Waals surface area contributed by atoms with Crippen molar-refractivity contribution in [2.45, 2.75) is 19.1 Å². The predicted octanol–water partition coefficient (Wildman–Crippen LogP) is 4.81. The van der Waals surface area contributed by atoms with Crippen LogP contribution < -0.4 is 4.74 Å². The van der Waals surface area contributed by atoms with Crippen LogP contribution in [0.2, 0.25) is 0 Å². The van der Waals surface area contributed by atoms with E-state index in [4.69, 9.17) is 9.57 Å². The molecule has 32 heavy (non-hydrogen) atoms. The van der Waals surface area contributed by atoms with E-state index in [-0.39, 0.29) is 30.4 Å². The van der Waals surface area contributed by atoms with Crippen molar-refractivity contribution in [2.24, 2.45) is 5.16 Å². The van der Waals surface area contributed by atoms with E-state index in [2.05, 4.69) is 5.16 Å². The second kappa shape index (κ2) is 9.60. The molecule has 0 saturated heterocycles. The fourth-order valence-corrected chi connectivity index (χ4v) is 3.63. The van der Waals surface area contributed by atoms with Crippen LogP contribution in [-0.4, -0.2) is 36.3 Å². The van der Waals surface area contributed by atoms with E-state index in [0.717, 1.165) is 5.56 Å². The standard InChI is InChI=1S/C25H22F2N2O3/c1-31-22-10-2-5-17(11-22)15-29(25(30)19-7-4-9-21(27)13-19)16-23-14-24(28-32-23)18-6-3-8-20(26)12-18/h2-13,23H,14-16H2,1H3. The molecule has 4 rings (SSSR count). The molecule has 0 bridgehead atoms. The van der Waals surface area contributed by atoms with Crippen molar-refractivity contribution in [1.29, 1.82) is 0 Å². The van der Waals surface area contributed by atoms with Gasteiger partial charge in [0.05, 0.1) is 19.4 Å². The fourth-order valence-electron chi connectivity index (χ4n) is 3.63. The second-order valence-electron chi connectivity index (χ2n) is 7.53. The van der Waals surface area contributed by atoms with Crippen molar-refractivity contribution in [3.63, 3.8) is 0 Å². The first kappa shape index (κ1) is 21.5. The van der Waals surface area contributed by atoms with Crippen molar-refractivity contribution >= 4 is 11.6 Å². The number of ether oxygens (including phenoxy) is 1. The molecular weight excluding hydrogens is 414 g/mol. The molecular formula is C25H22F2N2O3. The molecule has 3 aromatic rings. The van der Waals surface area contributed by atoms with Gasteiger partial charge in [0, 0.05) is 24.1 Å². The lowest BCUT2D eigenvalue weighted by Gasteiger charge is -2.25. The summed E-state index contributed by atoms with van der Waals surface area (Å²) in [5.41, 5.74) is 2.37. The number of rotatable bonds is 7. The molecule has 1 aliphatic heterocycles. The Morgan fingerprint density at radius 1 is 1.06 bits per heavy atom. The summed E-state index contributed by atoms with van der Waals surface area (Å²) < 4.78 is 32.6.